The largest absolute Gasteiger partial charge is 0.481 e. The molecular formula is C16H13FO4S. The van der Waals surface area contributed by atoms with Crippen LogP contribution in [0.2, 0.25) is 0 Å². The molecule has 3 rings (SSSR count). The standard InChI is InChI=1S/C16H13FO4S/c1-9(16(18)19)10-3-5-14-12(6-10)7-11-2-4-13(17)8-15(11)22(14,20)21/h2-6,8-9H,7H2,1H3,(H,18,19). The quantitative estimate of drug-likeness (QED) is 0.788. The third-order valence-corrected chi connectivity index (χ3v) is 5.88. The van der Waals surface area contributed by atoms with Crippen molar-refractivity contribution in [1.29, 1.82) is 0 Å². The van der Waals surface area contributed by atoms with E-state index >= 15 is 0 Å². The van der Waals surface area contributed by atoms with E-state index in [1.165, 1.54) is 24.3 Å². The predicted octanol–water partition coefficient (Wildman–Crippen LogP) is 2.75. The van der Waals surface area contributed by atoms with Gasteiger partial charge in [-0.05, 0) is 41.8 Å². The van der Waals surface area contributed by atoms with E-state index in [0.29, 0.717) is 23.1 Å². The van der Waals surface area contributed by atoms with Crippen molar-refractivity contribution < 1.29 is 22.7 Å². The lowest BCUT2D eigenvalue weighted by atomic mass is 9.96. The Morgan fingerprint density at radius 1 is 1.14 bits per heavy atom. The Hall–Kier alpha value is -2.21. The van der Waals surface area contributed by atoms with Crippen LogP contribution in [0.15, 0.2) is 46.2 Å². The number of hydrogen-bond acceptors (Lipinski definition) is 3. The van der Waals surface area contributed by atoms with Crippen LogP contribution >= 0.6 is 0 Å². The Bertz CT molecular complexity index is 887. The zero-order valence-electron chi connectivity index (χ0n) is 11.7. The lowest BCUT2D eigenvalue weighted by Crippen LogP contribution is -2.16. The lowest BCUT2D eigenvalue weighted by molar-refractivity contribution is -0.138. The zero-order chi connectivity index (χ0) is 16.1. The summed E-state index contributed by atoms with van der Waals surface area (Å²) in [5.41, 5.74) is 1.62. The predicted molar refractivity (Wildman–Crippen MR) is 77.2 cm³/mol. The van der Waals surface area contributed by atoms with Crippen molar-refractivity contribution in [2.45, 2.75) is 29.1 Å². The van der Waals surface area contributed by atoms with E-state index in [0.717, 1.165) is 6.07 Å². The van der Waals surface area contributed by atoms with Gasteiger partial charge in [-0.1, -0.05) is 18.2 Å². The van der Waals surface area contributed by atoms with Crippen LogP contribution in [0, 0.1) is 5.82 Å². The monoisotopic (exact) mass is 320 g/mol. The van der Waals surface area contributed by atoms with Gasteiger partial charge in [-0.2, -0.15) is 0 Å². The third-order valence-electron chi connectivity index (χ3n) is 3.94. The second-order valence-corrected chi connectivity index (χ2v) is 7.25. The molecule has 0 radical (unpaired) electrons. The highest BCUT2D eigenvalue weighted by atomic mass is 32.2. The molecule has 1 aliphatic heterocycles. The first kappa shape index (κ1) is 14.7. The highest BCUT2D eigenvalue weighted by Crippen LogP contribution is 2.36. The van der Waals surface area contributed by atoms with Crippen LogP contribution < -0.4 is 0 Å². The molecule has 0 saturated heterocycles. The van der Waals surface area contributed by atoms with Gasteiger partial charge in [0, 0.05) is 6.42 Å². The summed E-state index contributed by atoms with van der Waals surface area (Å²) in [6.07, 6.45) is 0.338. The van der Waals surface area contributed by atoms with E-state index in [9.17, 15) is 17.6 Å². The maximum absolute atomic E-state index is 13.3. The second kappa shape index (κ2) is 4.91. The Balaban J connectivity index is 2.17. The van der Waals surface area contributed by atoms with Gasteiger partial charge in [0.15, 0.2) is 0 Å². The molecule has 114 valence electrons. The summed E-state index contributed by atoms with van der Waals surface area (Å²) in [4.78, 5) is 11.2. The van der Waals surface area contributed by atoms with Crippen molar-refractivity contribution in [2.75, 3.05) is 0 Å². The molecule has 0 fully saturated rings. The first-order valence-corrected chi connectivity index (χ1v) is 8.18. The van der Waals surface area contributed by atoms with Crippen molar-refractivity contribution in [2.24, 2.45) is 0 Å². The van der Waals surface area contributed by atoms with E-state index in [-0.39, 0.29) is 9.79 Å². The van der Waals surface area contributed by atoms with Crippen LogP contribution in [0.3, 0.4) is 0 Å². The lowest BCUT2D eigenvalue weighted by Gasteiger charge is -2.21. The smallest absolute Gasteiger partial charge is 0.310 e. The molecule has 2 aromatic carbocycles. The first-order valence-electron chi connectivity index (χ1n) is 6.70. The van der Waals surface area contributed by atoms with Crippen molar-refractivity contribution in [1.82, 2.24) is 0 Å². The fourth-order valence-corrected chi connectivity index (χ4v) is 4.37. The highest BCUT2D eigenvalue weighted by molar-refractivity contribution is 7.91. The van der Waals surface area contributed by atoms with Gasteiger partial charge in [0.05, 0.1) is 15.7 Å². The van der Waals surface area contributed by atoms with Crippen molar-refractivity contribution in [3.05, 3.63) is 58.9 Å². The van der Waals surface area contributed by atoms with E-state index in [4.69, 9.17) is 5.11 Å². The van der Waals surface area contributed by atoms with Crippen molar-refractivity contribution in [3.63, 3.8) is 0 Å². The fourth-order valence-electron chi connectivity index (χ4n) is 2.66. The van der Waals surface area contributed by atoms with Crippen LogP contribution in [-0.4, -0.2) is 19.5 Å². The molecule has 2 aromatic rings. The maximum Gasteiger partial charge on any atom is 0.310 e. The van der Waals surface area contributed by atoms with Gasteiger partial charge in [0.25, 0.3) is 0 Å². The number of aliphatic carboxylic acids is 1. The Morgan fingerprint density at radius 3 is 2.55 bits per heavy atom. The number of hydrogen-bond donors (Lipinski definition) is 1. The van der Waals surface area contributed by atoms with Crippen molar-refractivity contribution in [3.8, 4) is 0 Å². The SMILES string of the molecule is CC(C(=O)O)c1ccc2c(c1)Cc1ccc(F)cc1S2(=O)=O. The minimum Gasteiger partial charge on any atom is -0.481 e. The summed E-state index contributed by atoms with van der Waals surface area (Å²) in [7, 11) is -3.77. The normalized spacial score (nSPS) is 16.5. The van der Waals surface area contributed by atoms with Gasteiger partial charge in [0.2, 0.25) is 9.84 Å². The summed E-state index contributed by atoms with van der Waals surface area (Å²) in [5, 5.41) is 9.07. The summed E-state index contributed by atoms with van der Waals surface area (Å²) < 4.78 is 38.5. The average Bonchev–Trinajstić information content (AvgIpc) is 2.47. The third kappa shape index (κ3) is 2.20. The topological polar surface area (TPSA) is 71.4 Å². The van der Waals surface area contributed by atoms with Crippen LogP contribution in [0.25, 0.3) is 0 Å². The molecule has 1 heterocycles. The molecule has 0 bridgehead atoms. The van der Waals surface area contributed by atoms with Crippen LogP contribution in [0.4, 0.5) is 4.39 Å². The van der Waals surface area contributed by atoms with Gasteiger partial charge in [-0.3, -0.25) is 4.79 Å². The summed E-state index contributed by atoms with van der Waals surface area (Å²) in [6.45, 7) is 1.55. The zero-order valence-corrected chi connectivity index (χ0v) is 12.5. The van der Waals surface area contributed by atoms with Gasteiger partial charge in [-0.25, -0.2) is 12.8 Å². The van der Waals surface area contributed by atoms with E-state index in [2.05, 4.69) is 0 Å². The van der Waals surface area contributed by atoms with Crippen LogP contribution in [0.1, 0.15) is 29.5 Å². The molecule has 0 amide bonds. The average molecular weight is 320 g/mol. The molecule has 22 heavy (non-hydrogen) atoms. The number of carbonyl (C=O) groups is 1. The van der Waals surface area contributed by atoms with Crippen LogP contribution in [0.5, 0.6) is 0 Å². The molecular weight excluding hydrogens is 307 g/mol. The second-order valence-electron chi connectivity index (χ2n) is 5.36. The minimum atomic E-state index is -3.77. The highest BCUT2D eigenvalue weighted by Gasteiger charge is 2.30. The maximum atomic E-state index is 13.3. The number of rotatable bonds is 2. The van der Waals surface area contributed by atoms with Gasteiger partial charge in [0.1, 0.15) is 5.82 Å². The molecule has 0 aliphatic carbocycles. The number of fused-ring (bicyclic) bond motifs is 2. The number of sulfone groups is 1. The van der Waals surface area contributed by atoms with Gasteiger partial charge in [-0.15, -0.1) is 0 Å². The van der Waals surface area contributed by atoms with Gasteiger partial charge < -0.3 is 5.11 Å². The Morgan fingerprint density at radius 2 is 1.86 bits per heavy atom. The molecule has 0 spiro atoms. The number of halogens is 1. The molecule has 0 aromatic heterocycles. The van der Waals surface area contributed by atoms with Crippen molar-refractivity contribution >= 4 is 15.8 Å². The van der Waals surface area contributed by atoms with E-state index in [1.807, 2.05) is 0 Å². The summed E-state index contributed by atoms with van der Waals surface area (Å²) in [6, 6.07) is 8.23. The van der Waals surface area contributed by atoms with Gasteiger partial charge >= 0.3 is 5.97 Å². The summed E-state index contributed by atoms with van der Waals surface area (Å²) >= 11 is 0. The first-order chi connectivity index (χ1) is 10.3. The number of carboxylic acid groups (broad SMARTS) is 1. The number of benzene rings is 2. The van der Waals surface area contributed by atoms with E-state index < -0.39 is 27.5 Å². The number of carboxylic acids is 1. The molecule has 1 aliphatic rings. The molecule has 0 saturated carbocycles. The van der Waals surface area contributed by atoms with E-state index in [1.54, 1.807) is 13.0 Å². The molecule has 6 heteroatoms. The minimum absolute atomic E-state index is 0.0148. The van der Waals surface area contributed by atoms with Crippen LogP contribution in [-0.2, 0) is 21.1 Å². The Kier molecular flexibility index (Phi) is 3.29. The fraction of sp³-hybridized carbons (Fsp3) is 0.188. The molecule has 4 nitrogen and oxygen atoms in total. The Labute approximate surface area is 127 Å². The molecule has 1 N–H and O–H groups in total. The molecule has 1 atom stereocenters. The summed E-state index contributed by atoms with van der Waals surface area (Å²) in [5.74, 6) is -2.29. The molecule has 1 unspecified atom stereocenters.